The van der Waals surface area contributed by atoms with E-state index >= 15 is 0 Å². The number of nitrogens with zero attached hydrogens (tertiary/aromatic N) is 2. The summed E-state index contributed by atoms with van der Waals surface area (Å²) in [6, 6.07) is 8.37. The summed E-state index contributed by atoms with van der Waals surface area (Å²) in [4.78, 5) is 4.36. The van der Waals surface area contributed by atoms with Crippen LogP contribution in [0.1, 0.15) is 23.7 Å². The van der Waals surface area contributed by atoms with Crippen LogP contribution in [0.5, 0.6) is 0 Å². The minimum Gasteiger partial charge on any atom is -0.369 e. The Morgan fingerprint density at radius 2 is 2.06 bits per heavy atom. The van der Waals surface area contributed by atoms with Gasteiger partial charge >= 0.3 is 0 Å². The average Bonchev–Trinajstić information content (AvgIpc) is 2.62. The third kappa shape index (κ3) is 2.08. The Morgan fingerprint density at radius 1 is 1.31 bits per heavy atom. The fraction of sp³-hybridized carbons (Fsp3) is 0.308. The van der Waals surface area contributed by atoms with E-state index in [4.69, 9.17) is 5.73 Å². The van der Waals surface area contributed by atoms with Gasteiger partial charge < -0.3 is 10.3 Å². The highest BCUT2D eigenvalue weighted by Gasteiger charge is 2.05. The van der Waals surface area contributed by atoms with Crippen LogP contribution in [-0.4, -0.2) is 9.55 Å². The molecule has 1 heterocycles. The molecule has 0 aliphatic heterocycles. The molecular weight excluding hydrogens is 198 g/mol. The molecule has 3 nitrogen and oxygen atoms in total. The lowest BCUT2D eigenvalue weighted by atomic mass is 10.0. The predicted octanol–water partition coefficient (Wildman–Crippen LogP) is 2.38. The Hall–Kier alpha value is -1.77. The molecule has 1 aromatic carbocycles. The first-order chi connectivity index (χ1) is 7.70. The van der Waals surface area contributed by atoms with Crippen molar-refractivity contribution in [3.63, 3.8) is 0 Å². The van der Waals surface area contributed by atoms with Crippen molar-refractivity contribution in [3.8, 4) is 0 Å². The zero-order chi connectivity index (χ0) is 11.5. The van der Waals surface area contributed by atoms with Crippen LogP contribution < -0.4 is 5.73 Å². The summed E-state index contributed by atoms with van der Waals surface area (Å²) in [6.45, 7) is 5.05. The summed E-state index contributed by atoms with van der Waals surface area (Å²) in [6.07, 6.45) is 2.88. The molecule has 2 N–H and O–H groups in total. The van der Waals surface area contributed by atoms with Crippen molar-refractivity contribution in [1.29, 1.82) is 0 Å². The van der Waals surface area contributed by atoms with Gasteiger partial charge in [0.1, 0.15) is 0 Å². The minimum absolute atomic E-state index is 0.603. The number of imidazole rings is 1. The first-order valence-electron chi connectivity index (χ1n) is 5.56. The zero-order valence-electron chi connectivity index (χ0n) is 9.77. The van der Waals surface area contributed by atoms with Crippen LogP contribution in [0, 0.1) is 6.92 Å². The first-order valence-corrected chi connectivity index (χ1v) is 5.56. The molecule has 2 aromatic rings. The maximum atomic E-state index is 5.80. The average molecular weight is 215 g/mol. The van der Waals surface area contributed by atoms with E-state index in [9.17, 15) is 0 Å². The second kappa shape index (κ2) is 4.39. The molecule has 0 spiro atoms. The third-order valence-electron chi connectivity index (χ3n) is 2.83. The van der Waals surface area contributed by atoms with Gasteiger partial charge in [0.05, 0.1) is 5.69 Å². The van der Waals surface area contributed by atoms with E-state index in [1.165, 1.54) is 11.1 Å². The molecule has 84 valence electrons. The molecule has 0 atom stereocenters. The summed E-state index contributed by atoms with van der Waals surface area (Å²) in [7, 11) is 0. The summed E-state index contributed by atoms with van der Waals surface area (Å²) < 4.78 is 1.97. The number of benzene rings is 1. The topological polar surface area (TPSA) is 43.8 Å². The third-order valence-corrected chi connectivity index (χ3v) is 2.83. The number of aromatic nitrogens is 2. The summed E-state index contributed by atoms with van der Waals surface area (Å²) in [5.41, 5.74) is 9.44. The maximum absolute atomic E-state index is 5.80. The van der Waals surface area contributed by atoms with Crippen LogP contribution in [0.15, 0.2) is 30.5 Å². The van der Waals surface area contributed by atoms with Gasteiger partial charge in [-0.15, -0.1) is 0 Å². The van der Waals surface area contributed by atoms with Gasteiger partial charge in [-0.05, 0) is 25.0 Å². The quantitative estimate of drug-likeness (QED) is 0.854. The molecule has 0 bridgehead atoms. The van der Waals surface area contributed by atoms with Crippen LogP contribution >= 0.6 is 0 Å². The molecule has 0 amide bonds. The standard InChI is InChI=1S/C13H17N3/c1-3-16-9-12(15-13(16)14)8-11-7-5-4-6-10(11)2/h4-7,9H,3,8H2,1-2H3,(H2,14,15). The maximum Gasteiger partial charge on any atom is 0.200 e. The van der Waals surface area contributed by atoms with E-state index in [0.29, 0.717) is 5.95 Å². The molecule has 16 heavy (non-hydrogen) atoms. The van der Waals surface area contributed by atoms with Crippen molar-refractivity contribution >= 4 is 5.95 Å². The second-order valence-electron chi connectivity index (χ2n) is 3.98. The number of nitrogens with two attached hydrogens (primary N) is 1. The van der Waals surface area contributed by atoms with Crippen LogP contribution in [0.2, 0.25) is 0 Å². The number of aryl methyl sites for hydroxylation is 2. The lowest BCUT2D eigenvalue weighted by Crippen LogP contribution is -1.98. The molecule has 1 aromatic heterocycles. The van der Waals surface area contributed by atoms with Gasteiger partial charge in [0, 0.05) is 19.2 Å². The lowest BCUT2D eigenvalue weighted by molar-refractivity contribution is 0.773. The van der Waals surface area contributed by atoms with E-state index in [2.05, 4.69) is 43.1 Å². The minimum atomic E-state index is 0.603. The van der Waals surface area contributed by atoms with Crippen molar-refractivity contribution in [3.05, 3.63) is 47.3 Å². The zero-order valence-corrected chi connectivity index (χ0v) is 9.77. The summed E-state index contributed by atoms with van der Waals surface area (Å²) in [5.74, 6) is 0.603. The highest BCUT2D eigenvalue weighted by Crippen LogP contribution is 2.14. The monoisotopic (exact) mass is 215 g/mol. The molecule has 0 saturated carbocycles. The van der Waals surface area contributed by atoms with Crippen molar-refractivity contribution in [2.24, 2.45) is 0 Å². The number of hydrogen-bond acceptors (Lipinski definition) is 2. The van der Waals surface area contributed by atoms with Crippen molar-refractivity contribution in [2.45, 2.75) is 26.8 Å². The van der Waals surface area contributed by atoms with Crippen LogP contribution in [0.3, 0.4) is 0 Å². The van der Waals surface area contributed by atoms with Crippen LogP contribution in [0.4, 0.5) is 5.95 Å². The summed E-state index contributed by atoms with van der Waals surface area (Å²) >= 11 is 0. The van der Waals surface area contributed by atoms with E-state index in [0.717, 1.165) is 18.7 Å². The molecule has 0 saturated heterocycles. The van der Waals surface area contributed by atoms with E-state index in [-0.39, 0.29) is 0 Å². The highest BCUT2D eigenvalue weighted by atomic mass is 15.1. The smallest absolute Gasteiger partial charge is 0.200 e. The largest absolute Gasteiger partial charge is 0.369 e. The van der Waals surface area contributed by atoms with Crippen molar-refractivity contribution in [1.82, 2.24) is 9.55 Å². The predicted molar refractivity (Wildman–Crippen MR) is 66.3 cm³/mol. The number of rotatable bonds is 3. The van der Waals surface area contributed by atoms with E-state index in [1.807, 2.05) is 10.8 Å². The van der Waals surface area contributed by atoms with E-state index in [1.54, 1.807) is 0 Å². The van der Waals surface area contributed by atoms with Crippen molar-refractivity contribution < 1.29 is 0 Å². The molecular formula is C13H17N3. The van der Waals surface area contributed by atoms with Gasteiger partial charge in [-0.3, -0.25) is 0 Å². The lowest BCUT2D eigenvalue weighted by Gasteiger charge is -2.02. The molecule has 0 fully saturated rings. The molecule has 0 aliphatic carbocycles. The molecule has 0 aliphatic rings. The number of hydrogen-bond donors (Lipinski definition) is 1. The van der Waals surface area contributed by atoms with Gasteiger partial charge in [0.2, 0.25) is 0 Å². The molecule has 0 radical (unpaired) electrons. The Kier molecular flexibility index (Phi) is 2.95. The summed E-state index contributed by atoms with van der Waals surface area (Å²) in [5, 5.41) is 0. The Labute approximate surface area is 95.9 Å². The Morgan fingerprint density at radius 3 is 2.69 bits per heavy atom. The van der Waals surface area contributed by atoms with Crippen LogP contribution in [0.25, 0.3) is 0 Å². The first kappa shape index (κ1) is 10.7. The van der Waals surface area contributed by atoms with Gasteiger partial charge in [0.25, 0.3) is 0 Å². The number of nitrogen functional groups attached to an aromatic ring is 1. The van der Waals surface area contributed by atoms with E-state index < -0.39 is 0 Å². The molecule has 2 rings (SSSR count). The highest BCUT2D eigenvalue weighted by molar-refractivity contribution is 5.31. The normalized spacial score (nSPS) is 10.6. The van der Waals surface area contributed by atoms with Crippen LogP contribution in [-0.2, 0) is 13.0 Å². The van der Waals surface area contributed by atoms with Gasteiger partial charge in [0.15, 0.2) is 5.95 Å². The molecule has 3 heteroatoms. The second-order valence-corrected chi connectivity index (χ2v) is 3.98. The Bertz CT molecular complexity index is 486. The van der Waals surface area contributed by atoms with Gasteiger partial charge in [-0.2, -0.15) is 0 Å². The van der Waals surface area contributed by atoms with Crippen molar-refractivity contribution in [2.75, 3.05) is 5.73 Å². The Balaban J connectivity index is 2.24. The fourth-order valence-electron chi connectivity index (χ4n) is 1.83. The molecule has 0 unspecified atom stereocenters. The SMILES string of the molecule is CCn1cc(Cc2ccccc2C)nc1N. The van der Waals surface area contributed by atoms with Gasteiger partial charge in [-0.25, -0.2) is 4.98 Å². The fourth-order valence-corrected chi connectivity index (χ4v) is 1.83. The number of anilines is 1. The van der Waals surface area contributed by atoms with Gasteiger partial charge in [-0.1, -0.05) is 24.3 Å².